The lowest BCUT2D eigenvalue weighted by Gasteiger charge is -2.57. The number of hydrogen-bond acceptors (Lipinski definition) is 14. The predicted octanol–water partition coefficient (Wildman–Crippen LogP) is 8.15. The number of benzene rings is 3. The van der Waals surface area contributed by atoms with Gasteiger partial charge in [-0.05, 0) is 130 Å². The number of nitrogens with zero attached hydrogens (tertiary/aromatic N) is 5. The van der Waals surface area contributed by atoms with Crippen molar-refractivity contribution in [1.82, 2.24) is 19.6 Å². The molecule has 2 aliphatic carbocycles. The first-order chi connectivity index (χ1) is 34.6. The largest absolute Gasteiger partial charge is 0.470 e. The van der Waals surface area contributed by atoms with Gasteiger partial charge in [0.05, 0.1) is 57.9 Å². The zero-order valence-electron chi connectivity index (χ0n) is 40.8. The SMILES string of the molecule is Cc1ccccc1[C@@H]1COCCN1C1CC2(CCN(c3ccc(C(=O)NS(=O)(=O)c4ccc(NCC5CCC(C)(O)CC5)c([N+](=O)[O-])c4)c(N4C[C@@H]5CCOC[C@H]5Oc5nc6[nH]cc(F)c6cc54)c3)CC2)C1. The molecule has 1 spiro atoms. The van der Waals surface area contributed by atoms with Gasteiger partial charge in [-0.25, -0.2) is 17.5 Å². The maximum absolute atomic E-state index is 15.4. The van der Waals surface area contributed by atoms with Crippen LogP contribution >= 0.6 is 0 Å². The van der Waals surface area contributed by atoms with Gasteiger partial charge in [-0.1, -0.05) is 24.3 Å². The second-order valence-electron chi connectivity index (χ2n) is 21.4. The number of nitro groups is 1. The number of H-pyrrole nitrogens is 1. The number of anilines is 4. The molecule has 3 aromatic carbocycles. The second kappa shape index (κ2) is 19.2. The molecule has 4 aliphatic heterocycles. The van der Waals surface area contributed by atoms with Crippen molar-refractivity contribution < 1.29 is 41.8 Å². The van der Waals surface area contributed by atoms with Gasteiger partial charge in [0.25, 0.3) is 21.6 Å². The standard InChI is InChI=1S/C53H63FN8O9S/c1-33-5-3-4-6-39(33)47-31-70-22-20-60(47)37-26-53(27-37)16-18-59(19-17-53)36-7-9-40(44(23-36)61-30-35-13-21-69-32-48(35)71-51-46(61)25-41-42(54)29-56-49(41)57-51)50(63)58-72(67,68)38-8-10-43(45(24-38)62(65)66)55-28-34-11-14-52(2,64)15-12-34/h3-10,23-25,29,34-35,37,47-48,55,64H,11-22,26-28,30-32H2,1-2H3,(H,56,57)(H,58,63)/t34?,35-,47-,48+,52?/m0/s1. The van der Waals surface area contributed by atoms with Gasteiger partial charge in [-0.3, -0.25) is 19.8 Å². The first-order valence-electron chi connectivity index (χ1n) is 25.4. The fraction of sp³-hybridized carbons (Fsp3) is 0.509. The Morgan fingerprint density at radius 1 is 0.972 bits per heavy atom. The minimum Gasteiger partial charge on any atom is -0.470 e. The monoisotopic (exact) mass is 1010 g/mol. The van der Waals surface area contributed by atoms with Crippen molar-refractivity contribution in [3.8, 4) is 5.88 Å². The molecule has 0 radical (unpaired) electrons. The van der Waals surface area contributed by atoms with E-state index in [4.69, 9.17) is 19.2 Å². The number of morpholine rings is 1. The predicted molar refractivity (Wildman–Crippen MR) is 270 cm³/mol. The Bertz CT molecular complexity index is 2980. The molecule has 5 aromatic rings. The summed E-state index contributed by atoms with van der Waals surface area (Å²) in [6.45, 7) is 9.40. The highest BCUT2D eigenvalue weighted by Crippen LogP contribution is 2.53. The summed E-state index contributed by atoms with van der Waals surface area (Å²) in [5.41, 5.74) is 3.74. The lowest BCUT2D eigenvalue weighted by atomic mass is 9.59. The molecule has 3 saturated heterocycles. The zero-order chi connectivity index (χ0) is 49.9. The number of aromatic nitrogens is 2. The van der Waals surface area contributed by atoms with Gasteiger partial charge < -0.3 is 39.4 Å². The summed E-state index contributed by atoms with van der Waals surface area (Å²) in [6.07, 6.45) is 8.40. The molecule has 0 unspecified atom stereocenters. The molecular weight excluding hydrogens is 944 g/mol. The van der Waals surface area contributed by atoms with E-state index in [1.165, 1.54) is 29.5 Å². The fourth-order valence-corrected chi connectivity index (χ4v) is 13.3. The van der Waals surface area contributed by atoms with Crippen molar-refractivity contribution in [1.29, 1.82) is 0 Å². The number of sulfonamides is 1. The van der Waals surface area contributed by atoms with Gasteiger partial charge in [-0.15, -0.1) is 0 Å². The number of ether oxygens (including phenoxy) is 3. The Labute approximate surface area is 418 Å². The molecule has 382 valence electrons. The van der Waals surface area contributed by atoms with Crippen molar-refractivity contribution in [3.63, 3.8) is 0 Å². The van der Waals surface area contributed by atoms with E-state index < -0.39 is 49.0 Å². The number of aryl methyl sites for hydroxylation is 1. The third-order valence-electron chi connectivity index (χ3n) is 16.7. The Kier molecular flexibility index (Phi) is 12.9. The average Bonchev–Trinajstić information content (AvgIpc) is 3.63. The highest BCUT2D eigenvalue weighted by Gasteiger charge is 2.50. The molecule has 17 nitrogen and oxygen atoms in total. The normalized spacial score (nSPS) is 25.7. The highest BCUT2D eigenvalue weighted by molar-refractivity contribution is 7.90. The average molecular weight is 1010 g/mol. The number of nitro benzene ring substituents is 1. The van der Waals surface area contributed by atoms with E-state index in [0.717, 1.165) is 76.5 Å². The first kappa shape index (κ1) is 48.4. The summed E-state index contributed by atoms with van der Waals surface area (Å²) >= 11 is 0. The number of amides is 1. The summed E-state index contributed by atoms with van der Waals surface area (Å²) in [5.74, 6) is -1.16. The van der Waals surface area contributed by atoms with Crippen LogP contribution in [0.15, 0.2) is 77.8 Å². The third-order valence-corrected chi connectivity index (χ3v) is 18.0. The van der Waals surface area contributed by atoms with E-state index >= 15 is 4.39 Å². The molecule has 0 bridgehead atoms. The van der Waals surface area contributed by atoms with E-state index in [9.17, 15) is 28.4 Å². The number of carbonyl (C=O) groups excluding carboxylic acids is 1. The number of hydrogen-bond donors (Lipinski definition) is 4. The molecule has 2 saturated carbocycles. The number of fused-ring (bicyclic) bond motifs is 3. The number of halogens is 1. The van der Waals surface area contributed by atoms with Crippen molar-refractivity contribution in [2.24, 2.45) is 17.3 Å². The molecule has 1 amide bonds. The van der Waals surface area contributed by atoms with Crippen molar-refractivity contribution in [3.05, 3.63) is 106 Å². The topological polar surface area (TPSA) is 205 Å². The summed E-state index contributed by atoms with van der Waals surface area (Å²) in [7, 11) is -4.67. The molecule has 2 aromatic heterocycles. The van der Waals surface area contributed by atoms with Gasteiger partial charge in [-0.2, -0.15) is 4.98 Å². The summed E-state index contributed by atoms with van der Waals surface area (Å²) in [4.78, 5) is 40.4. The lowest BCUT2D eigenvalue weighted by molar-refractivity contribution is -0.384. The highest BCUT2D eigenvalue weighted by atomic mass is 32.2. The Morgan fingerprint density at radius 3 is 2.53 bits per heavy atom. The van der Waals surface area contributed by atoms with Crippen LogP contribution in [0.1, 0.15) is 92.2 Å². The van der Waals surface area contributed by atoms with E-state index in [1.807, 2.05) is 17.0 Å². The molecular formula is C53H63FN8O9S. The smallest absolute Gasteiger partial charge is 0.293 e. The number of piperidine rings is 1. The van der Waals surface area contributed by atoms with Gasteiger partial charge in [0.1, 0.15) is 28.9 Å². The van der Waals surface area contributed by atoms with Gasteiger partial charge >= 0.3 is 0 Å². The number of pyridine rings is 1. The number of aliphatic hydroxyl groups is 1. The number of carbonyl (C=O) groups is 1. The van der Waals surface area contributed by atoms with Gasteiger partial charge in [0.2, 0.25) is 5.88 Å². The number of nitrogens with one attached hydrogen (secondary N) is 3. The molecule has 6 heterocycles. The number of aromatic amines is 1. The minimum absolute atomic E-state index is 0.0247. The number of rotatable bonds is 11. The van der Waals surface area contributed by atoms with Gasteiger partial charge in [0.15, 0.2) is 0 Å². The maximum Gasteiger partial charge on any atom is 0.293 e. The quantitative estimate of drug-likeness (QED) is 0.0729. The molecule has 4 N–H and O–H groups in total. The minimum atomic E-state index is -4.67. The summed E-state index contributed by atoms with van der Waals surface area (Å²) in [5, 5.41) is 26.1. The lowest BCUT2D eigenvalue weighted by Crippen LogP contribution is -2.57. The molecule has 5 fully saturated rings. The van der Waals surface area contributed by atoms with E-state index in [0.29, 0.717) is 69.6 Å². The van der Waals surface area contributed by atoms with Crippen LogP contribution in [0, 0.1) is 40.1 Å². The fourth-order valence-electron chi connectivity index (χ4n) is 12.3. The van der Waals surface area contributed by atoms with Crippen molar-refractivity contribution in [2.45, 2.75) is 100 Å². The van der Waals surface area contributed by atoms with Crippen LogP contribution < -0.4 is 24.6 Å². The van der Waals surface area contributed by atoms with Crippen LogP contribution in [0.25, 0.3) is 11.0 Å². The van der Waals surface area contributed by atoms with Crippen LogP contribution in [-0.4, -0.2) is 116 Å². The zero-order valence-corrected chi connectivity index (χ0v) is 41.6. The van der Waals surface area contributed by atoms with Crippen LogP contribution in [0.4, 0.5) is 32.8 Å². The molecule has 19 heteroatoms. The molecule has 72 heavy (non-hydrogen) atoms. The Balaban J connectivity index is 0.878. The molecule has 6 aliphatic rings. The molecule has 11 rings (SSSR count). The van der Waals surface area contributed by atoms with Crippen LogP contribution in [-0.2, 0) is 19.5 Å². The van der Waals surface area contributed by atoms with Crippen LogP contribution in [0.5, 0.6) is 5.88 Å². The summed E-state index contributed by atoms with van der Waals surface area (Å²) < 4.78 is 64.3. The van der Waals surface area contributed by atoms with Crippen molar-refractivity contribution in [2.75, 3.05) is 74.3 Å². The third kappa shape index (κ3) is 9.49. The van der Waals surface area contributed by atoms with E-state index in [2.05, 4.69) is 56.0 Å². The Morgan fingerprint density at radius 2 is 1.75 bits per heavy atom. The van der Waals surface area contributed by atoms with Crippen LogP contribution in [0.2, 0.25) is 0 Å². The Hall–Kier alpha value is -5.86. The summed E-state index contributed by atoms with van der Waals surface area (Å²) in [6, 6.07) is 19.9. The maximum atomic E-state index is 15.4. The van der Waals surface area contributed by atoms with Crippen LogP contribution in [0.3, 0.4) is 0 Å². The molecule has 3 atom stereocenters. The van der Waals surface area contributed by atoms with Crippen molar-refractivity contribution >= 4 is 55.4 Å². The second-order valence-corrected chi connectivity index (χ2v) is 23.0. The van der Waals surface area contributed by atoms with E-state index in [1.54, 1.807) is 19.1 Å². The van der Waals surface area contributed by atoms with E-state index in [-0.39, 0.29) is 51.5 Å². The first-order valence-corrected chi connectivity index (χ1v) is 26.9. The van der Waals surface area contributed by atoms with Gasteiger partial charge in [0, 0.05) is 69.2 Å².